The molecule has 0 heterocycles. The van der Waals surface area contributed by atoms with Gasteiger partial charge in [0.25, 0.3) is 5.91 Å². The smallest absolute Gasteiger partial charge is 0.420 e. The molecule has 1 amide bonds. The van der Waals surface area contributed by atoms with Crippen LogP contribution >= 0.6 is 0 Å². The van der Waals surface area contributed by atoms with Crippen LogP contribution in [0.15, 0.2) is 18.2 Å². The summed E-state index contributed by atoms with van der Waals surface area (Å²) in [5.41, 5.74) is -1.96. The molecule has 0 aliphatic rings. The number of hydrogen-bond donors (Lipinski definition) is 1. The second-order valence-electron chi connectivity index (χ2n) is 5.70. The molecule has 0 aliphatic carbocycles. The van der Waals surface area contributed by atoms with Crippen LogP contribution in [0.2, 0.25) is 0 Å². The molecule has 0 aromatic heterocycles. The molecule has 0 saturated heterocycles. The van der Waals surface area contributed by atoms with Crippen molar-refractivity contribution in [1.82, 2.24) is 0 Å². The molecule has 1 aromatic carbocycles. The number of alkyl halides is 3. The summed E-state index contributed by atoms with van der Waals surface area (Å²) in [5.74, 6) is -0.754. The summed E-state index contributed by atoms with van der Waals surface area (Å²) in [6, 6.07) is 3.42. The van der Waals surface area contributed by atoms with E-state index in [-0.39, 0.29) is 11.4 Å². The number of benzene rings is 1. The number of nitrogens with one attached hydrogen (secondary N) is 1. The highest BCUT2D eigenvalue weighted by Gasteiger charge is 2.36. The van der Waals surface area contributed by atoms with E-state index in [9.17, 15) is 18.0 Å². The van der Waals surface area contributed by atoms with Gasteiger partial charge in [-0.2, -0.15) is 13.2 Å². The Morgan fingerprint density at radius 3 is 2.38 bits per heavy atom. The van der Waals surface area contributed by atoms with Crippen LogP contribution in [0.3, 0.4) is 0 Å². The summed E-state index contributed by atoms with van der Waals surface area (Å²) < 4.78 is 49.5. The first kappa shape index (κ1) is 20.3. The van der Waals surface area contributed by atoms with Gasteiger partial charge in [0.15, 0.2) is 0 Å². The third-order valence-electron chi connectivity index (χ3n) is 3.59. The number of hydrogen-bond acceptors (Lipinski definition) is 3. The lowest BCUT2D eigenvalue weighted by atomic mass is 9.98. The van der Waals surface area contributed by atoms with Gasteiger partial charge in [0, 0.05) is 12.3 Å². The van der Waals surface area contributed by atoms with Crippen LogP contribution < -0.4 is 10.1 Å². The van der Waals surface area contributed by atoms with Crippen LogP contribution in [0.25, 0.3) is 0 Å². The Morgan fingerprint density at radius 2 is 1.88 bits per heavy atom. The highest BCUT2D eigenvalue weighted by atomic mass is 19.4. The van der Waals surface area contributed by atoms with E-state index in [1.54, 1.807) is 6.92 Å². The Kier molecular flexibility index (Phi) is 7.08. The Labute approximate surface area is 140 Å². The lowest BCUT2D eigenvalue weighted by Crippen LogP contribution is -2.43. The molecule has 0 radical (unpaired) electrons. The molecule has 0 spiro atoms. The highest BCUT2D eigenvalue weighted by molar-refractivity contribution is 5.97. The Hall–Kier alpha value is -1.76. The van der Waals surface area contributed by atoms with E-state index in [2.05, 4.69) is 5.32 Å². The fourth-order valence-corrected chi connectivity index (χ4v) is 2.33. The van der Waals surface area contributed by atoms with Crippen LogP contribution in [0, 0.1) is 0 Å². The van der Waals surface area contributed by atoms with Crippen molar-refractivity contribution in [2.24, 2.45) is 0 Å². The molecule has 1 atom stereocenters. The number of halogens is 3. The number of carbonyl (C=O) groups excluding carboxylic acids is 1. The standard InChI is InChI=1S/C17H24F3NO3/c1-5-9-16(3,24-10-6-2)15(22)21-12-7-8-14(23-4)13(11-12)17(18,19)20/h7-8,11H,5-6,9-10H2,1-4H3,(H,21,22)/t16-/m1/s1. The second kappa shape index (κ2) is 8.37. The minimum Gasteiger partial charge on any atom is -0.496 e. The molecule has 0 fully saturated rings. The molecule has 0 saturated carbocycles. The van der Waals surface area contributed by atoms with E-state index in [1.807, 2.05) is 13.8 Å². The maximum absolute atomic E-state index is 13.1. The zero-order chi connectivity index (χ0) is 18.4. The summed E-state index contributed by atoms with van der Waals surface area (Å²) in [6.07, 6.45) is -2.64. The van der Waals surface area contributed by atoms with E-state index >= 15 is 0 Å². The van der Waals surface area contributed by atoms with Crippen molar-refractivity contribution in [3.05, 3.63) is 23.8 Å². The van der Waals surface area contributed by atoms with Gasteiger partial charge in [-0.15, -0.1) is 0 Å². The highest BCUT2D eigenvalue weighted by Crippen LogP contribution is 2.38. The van der Waals surface area contributed by atoms with Crippen LogP contribution in [0.4, 0.5) is 18.9 Å². The van der Waals surface area contributed by atoms with Gasteiger partial charge in [0.1, 0.15) is 11.4 Å². The molecule has 0 aliphatic heterocycles. The number of ether oxygens (including phenoxy) is 2. The van der Waals surface area contributed by atoms with Crippen molar-refractivity contribution in [3.8, 4) is 5.75 Å². The third kappa shape index (κ3) is 5.12. The first-order valence-electron chi connectivity index (χ1n) is 7.88. The number of methoxy groups -OCH3 is 1. The Morgan fingerprint density at radius 1 is 1.21 bits per heavy atom. The molecule has 1 aromatic rings. The molecular formula is C17H24F3NO3. The molecule has 7 heteroatoms. The van der Waals surface area contributed by atoms with E-state index in [4.69, 9.17) is 9.47 Å². The van der Waals surface area contributed by atoms with E-state index in [0.717, 1.165) is 12.5 Å². The van der Waals surface area contributed by atoms with Crippen molar-refractivity contribution in [2.75, 3.05) is 19.0 Å². The van der Waals surface area contributed by atoms with Crippen molar-refractivity contribution < 1.29 is 27.4 Å². The molecule has 0 bridgehead atoms. The fraction of sp³-hybridized carbons (Fsp3) is 0.588. The van der Waals surface area contributed by atoms with Crippen molar-refractivity contribution in [1.29, 1.82) is 0 Å². The van der Waals surface area contributed by atoms with E-state index < -0.39 is 23.2 Å². The average Bonchev–Trinajstić information content (AvgIpc) is 2.52. The topological polar surface area (TPSA) is 47.6 Å². The number of rotatable bonds is 8. The van der Waals surface area contributed by atoms with Gasteiger partial charge < -0.3 is 14.8 Å². The summed E-state index contributed by atoms with van der Waals surface area (Å²) in [6.45, 7) is 5.88. The van der Waals surface area contributed by atoms with Crippen molar-refractivity contribution >= 4 is 11.6 Å². The maximum Gasteiger partial charge on any atom is 0.420 e. The van der Waals surface area contributed by atoms with Crippen LogP contribution in [0.1, 0.15) is 45.6 Å². The zero-order valence-corrected chi connectivity index (χ0v) is 14.4. The van der Waals surface area contributed by atoms with Gasteiger partial charge in [-0.1, -0.05) is 20.3 Å². The second-order valence-corrected chi connectivity index (χ2v) is 5.70. The van der Waals surface area contributed by atoms with Gasteiger partial charge in [-0.05, 0) is 38.0 Å². The first-order valence-corrected chi connectivity index (χ1v) is 7.88. The summed E-state index contributed by atoms with van der Waals surface area (Å²) in [5, 5.41) is 2.52. The number of carbonyl (C=O) groups is 1. The van der Waals surface area contributed by atoms with Gasteiger partial charge >= 0.3 is 6.18 Å². The fourth-order valence-electron chi connectivity index (χ4n) is 2.33. The van der Waals surface area contributed by atoms with Gasteiger partial charge in [0.2, 0.25) is 0 Å². The molecule has 24 heavy (non-hydrogen) atoms. The predicted octanol–water partition coefficient (Wildman–Crippen LogP) is 4.64. The normalized spacial score (nSPS) is 14.1. The summed E-state index contributed by atoms with van der Waals surface area (Å²) in [4.78, 5) is 12.5. The van der Waals surface area contributed by atoms with Crippen molar-refractivity contribution in [3.63, 3.8) is 0 Å². The summed E-state index contributed by atoms with van der Waals surface area (Å²) in [7, 11) is 1.17. The number of amides is 1. The molecule has 136 valence electrons. The third-order valence-corrected chi connectivity index (χ3v) is 3.59. The lowest BCUT2D eigenvalue weighted by Gasteiger charge is -2.28. The van der Waals surface area contributed by atoms with E-state index in [0.29, 0.717) is 19.4 Å². The van der Waals surface area contributed by atoms with Gasteiger partial charge in [-0.3, -0.25) is 4.79 Å². The van der Waals surface area contributed by atoms with Gasteiger partial charge in [-0.25, -0.2) is 0 Å². The Bertz CT molecular complexity index is 561. The monoisotopic (exact) mass is 347 g/mol. The Balaban J connectivity index is 3.04. The molecule has 4 nitrogen and oxygen atoms in total. The SMILES string of the molecule is CCCO[C@](C)(CCC)C(=O)Nc1ccc(OC)c(C(F)(F)F)c1. The van der Waals surface area contributed by atoms with E-state index in [1.165, 1.54) is 19.2 Å². The largest absolute Gasteiger partial charge is 0.496 e. The van der Waals surface area contributed by atoms with Crippen LogP contribution in [0.5, 0.6) is 5.75 Å². The van der Waals surface area contributed by atoms with Crippen molar-refractivity contribution in [2.45, 2.75) is 51.8 Å². The minimum absolute atomic E-state index is 0.0514. The quantitative estimate of drug-likeness (QED) is 0.745. The minimum atomic E-state index is -4.57. The first-order chi connectivity index (χ1) is 11.2. The maximum atomic E-state index is 13.1. The summed E-state index contributed by atoms with van der Waals surface area (Å²) >= 11 is 0. The van der Waals surface area contributed by atoms with Crippen LogP contribution in [-0.4, -0.2) is 25.2 Å². The molecule has 1 N–H and O–H groups in total. The van der Waals surface area contributed by atoms with Gasteiger partial charge in [0.05, 0.1) is 12.7 Å². The molecule has 1 rings (SSSR count). The van der Waals surface area contributed by atoms with Crippen LogP contribution in [-0.2, 0) is 15.7 Å². The predicted molar refractivity (Wildman–Crippen MR) is 86.2 cm³/mol. The number of anilines is 1. The lowest BCUT2D eigenvalue weighted by molar-refractivity contribution is -0.141. The average molecular weight is 347 g/mol. The zero-order valence-electron chi connectivity index (χ0n) is 14.4. The molecule has 0 unspecified atom stereocenters. The molecular weight excluding hydrogens is 323 g/mol.